The molecule has 3 rings (SSSR count). The van der Waals surface area contributed by atoms with E-state index in [4.69, 9.17) is 36.9 Å². The Hall–Kier alpha value is -3.10. The highest BCUT2D eigenvalue weighted by Crippen LogP contribution is 2.36. The summed E-state index contributed by atoms with van der Waals surface area (Å²) in [6, 6.07) is 0. The molecule has 4 N–H and O–H groups in total. The second-order valence-corrected chi connectivity index (χ2v) is 8.77. The minimum atomic E-state index is -1.04. The fourth-order valence-corrected chi connectivity index (χ4v) is 4.20. The van der Waals surface area contributed by atoms with Crippen molar-refractivity contribution < 1.29 is 33.3 Å². The summed E-state index contributed by atoms with van der Waals surface area (Å²) in [6.07, 6.45) is 1.57. The van der Waals surface area contributed by atoms with Crippen molar-refractivity contribution in [3.05, 3.63) is 11.0 Å². The van der Waals surface area contributed by atoms with Crippen LogP contribution >= 0.6 is 12.2 Å². The van der Waals surface area contributed by atoms with Crippen LogP contribution in [0.25, 0.3) is 11.2 Å². The SMILES string of the molecule is CC(=O)OC[C@H]1O[C@@H](n2cnc3c(=S)nc(NCCCCCCN)[nH]c32)C(OC(C)=O)C1OC(C)=O. The van der Waals surface area contributed by atoms with Gasteiger partial charge in [0.15, 0.2) is 23.1 Å². The number of esters is 3. The Balaban J connectivity index is 1.90. The van der Waals surface area contributed by atoms with E-state index in [0.29, 0.717) is 30.2 Å². The number of nitrogens with one attached hydrogen (secondary N) is 2. The van der Waals surface area contributed by atoms with Gasteiger partial charge in [0, 0.05) is 27.3 Å². The molecule has 0 aliphatic carbocycles. The van der Waals surface area contributed by atoms with Crippen LogP contribution in [0.15, 0.2) is 6.33 Å². The van der Waals surface area contributed by atoms with E-state index in [-0.39, 0.29) is 11.2 Å². The van der Waals surface area contributed by atoms with E-state index in [1.54, 1.807) is 4.57 Å². The van der Waals surface area contributed by atoms with Gasteiger partial charge in [0.25, 0.3) is 0 Å². The van der Waals surface area contributed by atoms with E-state index in [2.05, 4.69) is 20.3 Å². The molecular weight excluding hydrogens is 492 g/mol. The van der Waals surface area contributed by atoms with Crippen molar-refractivity contribution in [2.75, 3.05) is 25.0 Å². The minimum Gasteiger partial charge on any atom is -0.463 e. The monoisotopic (exact) mass is 524 g/mol. The Morgan fingerprint density at radius 3 is 2.47 bits per heavy atom. The Bertz CT molecular complexity index is 1140. The lowest BCUT2D eigenvalue weighted by atomic mass is 10.1. The molecule has 0 saturated carbocycles. The van der Waals surface area contributed by atoms with Gasteiger partial charge in [-0.1, -0.05) is 25.1 Å². The molecule has 1 saturated heterocycles. The molecule has 14 heteroatoms. The number of hydrogen-bond donors (Lipinski definition) is 3. The molecule has 2 unspecified atom stereocenters. The second-order valence-electron chi connectivity index (χ2n) is 8.39. The highest BCUT2D eigenvalue weighted by Gasteiger charge is 2.51. The Labute approximate surface area is 213 Å². The molecule has 0 aromatic carbocycles. The maximum Gasteiger partial charge on any atom is 0.303 e. The molecule has 1 aliphatic heterocycles. The highest BCUT2D eigenvalue weighted by atomic mass is 32.1. The molecule has 3 heterocycles. The number of nitrogens with two attached hydrogens (primary N) is 1. The number of H-pyrrole nitrogens is 1. The Morgan fingerprint density at radius 1 is 1.11 bits per heavy atom. The van der Waals surface area contributed by atoms with Gasteiger partial charge in [-0.2, -0.15) is 0 Å². The smallest absolute Gasteiger partial charge is 0.303 e. The van der Waals surface area contributed by atoms with Gasteiger partial charge in [-0.05, 0) is 19.4 Å². The summed E-state index contributed by atoms with van der Waals surface area (Å²) in [7, 11) is 0. The fourth-order valence-electron chi connectivity index (χ4n) is 3.96. The van der Waals surface area contributed by atoms with E-state index >= 15 is 0 Å². The molecule has 0 bridgehead atoms. The number of nitrogens with zero attached hydrogens (tertiary/aromatic N) is 3. The van der Waals surface area contributed by atoms with Crippen LogP contribution in [0, 0.1) is 4.64 Å². The molecule has 1 aliphatic rings. The van der Waals surface area contributed by atoms with E-state index in [1.165, 1.54) is 27.1 Å². The van der Waals surface area contributed by atoms with Crippen molar-refractivity contribution in [3.8, 4) is 0 Å². The maximum atomic E-state index is 11.9. The van der Waals surface area contributed by atoms with Crippen molar-refractivity contribution in [2.24, 2.45) is 5.73 Å². The minimum absolute atomic E-state index is 0.206. The zero-order chi connectivity index (χ0) is 26.2. The first kappa shape index (κ1) is 27.5. The first-order chi connectivity index (χ1) is 17.2. The number of carbonyl (C=O) groups is 3. The van der Waals surface area contributed by atoms with Crippen molar-refractivity contribution in [3.63, 3.8) is 0 Å². The van der Waals surface area contributed by atoms with E-state index < -0.39 is 42.4 Å². The van der Waals surface area contributed by atoms with Crippen LogP contribution in [0.2, 0.25) is 0 Å². The molecule has 0 radical (unpaired) electrons. The highest BCUT2D eigenvalue weighted by molar-refractivity contribution is 7.71. The van der Waals surface area contributed by atoms with Crippen LogP contribution in [0.4, 0.5) is 5.95 Å². The van der Waals surface area contributed by atoms with Crippen LogP contribution in [0.1, 0.15) is 52.7 Å². The van der Waals surface area contributed by atoms with E-state index in [1.807, 2.05) is 0 Å². The summed E-state index contributed by atoms with van der Waals surface area (Å²) in [6.45, 7) is 4.87. The van der Waals surface area contributed by atoms with Crippen molar-refractivity contribution >= 4 is 47.2 Å². The lowest BCUT2D eigenvalue weighted by Gasteiger charge is -2.23. The molecule has 13 nitrogen and oxygen atoms in total. The lowest BCUT2D eigenvalue weighted by Crippen LogP contribution is -2.40. The second kappa shape index (κ2) is 12.7. The number of rotatable bonds is 12. The van der Waals surface area contributed by atoms with Crippen LogP contribution in [-0.4, -0.2) is 75.4 Å². The van der Waals surface area contributed by atoms with Gasteiger partial charge in [0.05, 0.1) is 6.33 Å². The number of aromatic nitrogens is 4. The third-order valence-corrected chi connectivity index (χ3v) is 5.77. The maximum absolute atomic E-state index is 11.9. The molecule has 4 atom stereocenters. The summed E-state index contributed by atoms with van der Waals surface area (Å²) in [5.74, 6) is -1.29. The molecule has 1 fully saturated rings. The van der Waals surface area contributed by atoms with Crippen LogP contribution < -0.4 is 11.1 Å². The summed E-state index contributed by atoms with van der Waals surface area (Å²) in [5, 5.41) is 3.22. The summed E-state index contributed by atoms with van der Waals surface area (Å²) >= 11 is 5.42. The molecule has 0 amide bonds. The fraction of sp³-hybridized carbons (Fsp3) is 0.636. The number of hydrogen-bond acceptors (Lipinski definition) is 12. The third-order valence-electron chi connectivity index (χ3n) is 5.48. The quantitative estimate of drug-likeness (QED) is 0.159. The third kappa shape index (κ3) is 6.98. The molecule has 36 heavy (non-hydrogen) atoms. The van der Waals surface area contributed by atoms with Crippen molar-refractivity contribution in [1.29, 1.82) is 0 Å². The molecule has 0 spiro atoms. The van der Waals surface area contributed by atoms with Gasteiger partial charge in [-0.15, -0.1) is 0 Å². The number of anilines is 1. The predicted octanol–water partition coefficient (Wildman–Crippen LogP) is 1.74. The number of ether oxygens (including phenoxy) is 4. The number of carbonyl (C=O) groups excluding carboxylic acids is 3. The number of unbranched alkanes of at least 4 members (excludes halogenated alkanes) is 3. The molecule has 198 valence electrons. The predicted molar refractivity (Wildman–Crippen MR) is 130 cm³/mol. The standard InChI is InChI=1S/C22H32N6O7S/c1-12(29)32-10-15-17(33-13(2)30)18(34-14(3)31)21(35-15)28-11-25-16-19(28)26-22(27-20(16)36)24-9-7-5-4-6-8-23/h11,15,17-18,21H,4-10,23H2,1-3H3,(H2,24,26,27,36)/t15-,17?,18?,21-/m1/s1. The average molecular weight is 525 g/mol. The summed E-state index contributed by atoms with van der Waals surface area (Å²) in [4.78, 5) is 47.0. The van der Waals surface area contributed by atoms with Gasteiger partial charge < -0.3 is 35.0 Å². The Kier molecular flexibility index (Phi) is 9.73. The zero-order valence-electron chi connectivity index (χ0n) is 20.5. The van der Waals surface area contributed by atoms with Gasteiger partial charge in [-0.25, -0.2) is 9.97 Å². The van der Waals surface area contributed by atoms with Gasteiger partial charge in [0.1, 0.15) is 23.9 Å². The molecule has 2 aromatic heterocycles. The first-order valence-electron chi connectivity index (χ1n) is 11.7. The van der Waals surface area contributed by atoms with Crippen molar-refractivity contribution in [1.82, 2.24) is 19.5 Å². The van der Waals surface area contributed by atoms with Gasteiger partial charge in [-0.3, -0.25) is 19.0 Å². The lowest BCUT2D eigenvalue weighted by molar-refractivity contribution is -0.166. The van der Waals surface area contributed by atoms with Gasteiger partial charge in [0.2, 0.25) is 5.95 Å². The van der Waals surface area contributed by atoms with Crippen molar-refractivity contribution in [2.45, 2.75) is 71.0 Å². The normalized spacial score (nSPS) is 21.3. The summed E-state index contributed by atoms with van der Waals surface area (Å²) in [5.41, 5.74) is 6.41. The van der Waals surface area contributed by atoms with E-state index in [0.717, 1.165) is 25.7 Å². The van der Waals surface area contributed by atoms with Crippen LogP contribution in [0.5, 0.6) is 0 Å². The number of fused-ring (bicyclic) bond motifs is 1. The van der Waals surface area contributed by atoms with Crippen LogP contribution in [0.3, 0.4) is 0 Å². The summed E-state index contributed by atoms with van der Waals surface area (Å²) < 4.78 is 24.0. The molecular formula is C22H32N6O7S. The van der Waals surface area contributed by atoms with Gasteiger partial charge >= 0.3 is 17.9 Å². The topological polar surface area (TPSA) is 173 Å². The molecule has 2 aromatic rings. The zero-order valence-corrected chi connectivity index (χ0v) is 21.3. The average Bonchev–Trinajstić information content (AvgIpc) is 3.36. The first-order valence-corrected chi connectivity index (χ1v) is 12.2. The Morgan fingerprint density at radius 2 is 1.81 bits per heavy atom. The van der Waals surface area contributed by atoms with Crippen LogP contribution in [-0.2, 0) is 33.3 Å². The number of aromatic amines is 1. The van der Waals surface area contributed by atoms with E-state index in [9.17, 15) is 14.4 Å². The number of imidazole rings is 1. The largest absolute Gasteiger partial charge is 0.463 e.